The molecule has 0 aromatic rings. The lowest BCUT2D eigenvalue weighted by molar-refractivity contribution is 0.537. The molecule has 0 nitrogen and oxygen atoms in total. The molecule has 0 aliphatic rings. The number of hydrogen-bond acceptors (Lipinski definition) is 0. The first-order valence-electron chi connectivity index (χ1n) is 8.41. The van der Waals surface area contributed by atoms with Gasteiger partial charge in [-0.3, -0.25) is 0 Å². The molecule has 0 atom stereocenters. The van der Waals surface area contributed by atoms with E-state index in [4.69, 9.17) is 18.0 Å². The summed E-state index contributed by atoms with van der Waals surface area (Å²) in [5.41, 5.74) is 0. The van der Waals surface area contributed by atoms with Crippen molar-refractivity contribution in [3.05, 3.63) is 0 Å². The fourth-order valence-electron chi connectivity index (χ4n) is 2.44. The minimum Gasteiger partial charge on any atom is -0.127 e. The maximum atomic E-state index is 5.65. The van der Waals surface area contributed by atoms with Gasteiger partial charge in [-0.1, -0.05) is 77.0 Å². The van der Waals surface area contributed by atoms with Crippen LogP contribution in [-0.4, -0.2) is 5.88 Å². The highest BCUT2D eigenvalue weighted by Crippen LogP contribution is 2.13. The Balaban J connectivity index is 2.90. The van der Waals surface area contributed by atoms with E-state index in [1.807, 2.05) is 0 Å². The molecule has 0 radical (unpaired) electrons. The minimum atomic E-state index is 0.836. The molecule has 0 aliphatic carbocycles. The molecule has 0 fully saturated rings. The number of terminal acetylenes is 1. The summed E-state index contributed by atoms with van der Waals surface area (Å²) < 4.78 is 0. The second-order valence-electron chi connectivity index (χ2n) is 5.59. The number of hydrogen-bond donors (Lipinski definition) is 0. The minimum absolute atomic E-state index is 0.836. The Kier molecular flexibility index (Phi) is 17.7. The van der Waals surface area contributed by atoms with E-state index in [0.717, 1.165) is 12.3 Å². The summed E-state index contributed by atoms with van der Waals surface area (Å²) in [6, 6.07) is 0. The summed E-state index contributed by atoms with van der Waals surface area (Å²) in [6.45, 7) is 0. The molecule has 0 saturated heterocycles. The second kappa shape index (κ2) is 17.8. The van der Waals surface area contributed by atoms with Crippen molar-refractivity contribution in [1.29, 1.82) is 0 Å². The zero-order chi connectivity index (χ0) is 14.0. The highest BCUT2D eigenvalue weighted by Gasteiger charge is 1.94. The van der Waals surface area contributed by atoms with E-state index in [2.05, 4.69) is 5.92 Å². The number of halogens is 1. The topological polar surface area (TPSA) is 0 Å². The summed E-state index contributed by atoms with van der Waals surface area (Å²) in [4.78, 5) is 0. The monoisotopic (exact) mass is 284 g/mol. The van der Waals surface area contributed by atoms with Crippen LogP contribution in [0.5, 0.6) is 0 Å². The van der Waals surface area contributed by atoms with Gasteiger partial charge in [0, 0.05) is 12.3 Å². The van der Waals surface area contributed by atoms with Gasteiger partial charge in [-0.15, -0.1) is 23.9 Å². The zero-order valence-corrected chi connectivity index (χ0v) is 13.5. The first-order valence-corrected chi connectivity index (χ1v) is 8.94. The van der Waals surface area contributed by atoms with Crippen LogP contribution >= 0.6 is 11.6 Å². The summed E-state index contributed by atoms with van der Waals surface area (Å²) >= 11 is 5.65. The first-order chi connectivity index (χ1) is 9.41. The van der Waals surface area contributed by atoms with Crippen molar-refractivity contribution >= 4 is 11.6 Å². The predicted molar refractivity (Wildman–Crippen MR) is 88.8 cm³/mol. The van der Waals surface area contributed by atoms with Crippen LogP contribution in [0.4, 0.5) is 0 Å². The normalized spacial score (nSPS) is 10.5. The predicted octanol–water partition coefficient (Wildman–Crippen LogP) is 6.71. The molecule has 0 aliphatic heterocycles. The van der Waals surface area contributed by atoms with Gasteiger partial charge < -0.3 is 0 Å². The van der Waals surface area contributed by atoms with E-state index in [-0.39, 0.29) is 0 Å². The Bertz CT molecular complexity index is 192. The summed E-state index contributed by atoms with van der Waals surface area (Å²) in [5, 5.41) is 0. The molecular formula is C18H33Cl. The number of rotatable bonds is 15. The molecule has 112 valence electrons. The Hall–Kier alpha value is -0.150. The van der Waals surface area contributed by atoms with Crippen LogP contribution < -0.4 is 0 Å². The molecular weight excluding hydrogens is 252 g/mol. The molecule has 19 heavy (non-hydrogen) atoms. The van der Waals surface area contributed by atoms with Gasteiger partial charge in [0.05, 0.1) is 0 Å². The van der Waals surface area contributed by atoms with Crippen molar-refractivity contribution in [2.24, 2.45) is 0 Å². The van der Waals surface area contributed by atoms with Gasteiger partial charge >= 0.3 is 0 Å². The molecule has 0 N–H and O–H groups in total. The van der Waals surface area contributed by atoms with Crippen LogP contribution in [0.2, 0.25) is 0 Å². The molecule has 0 aromatic heterocycles. The fourth-order valence-corrected chi connectivity index (χ4v) is 2.63. The molecule has 1 heteroatoms. The largest absolute Gasteiger partial charge is 0.127 e. The van der Waals surface area contributed by atoms with Crippen molar-refractivity contribution in [3.63, 3.8) is 0 Å². The fraction of sp³-hybridized carbons (Fsp3) is 0.889. The van der Waals surface area contributed by atoms with Gasteiger partial charge in [0.1, 0.15) is 0 Å². The average Bonchev–Trinajstić information content (AvgIpc) is 2.43. The van der Waals surface area contributed by atoms with E-state index < -0.39 is 0 Å². The van der Waals surface area contributed by atoms with Crippen LogP contribution in [0.25, 0.3) is 0 Å². The van der Waals surface area contributed by atoms with Crippen molar-refractivity contribution in [2.45, 2.75) is 96.3 Å². The quantitative estimate of drug-likeness (QED) is 0.178. The maximum absolute atomic E-state index is 5.65. The van der Waals surface area contributed by atoms with Crippen molar-refractivity contribution in [3.8, 4) is 12.3 Å². The zero-order valence-electron chi connectivity index (χ0n) is 12.8. The summed E-state index contributed by atoms with van der Waals surface area (Å²) in [5.74, 6) is 3.54. The van der Waals surface area contributed by atoms with Gasteiger partial charge in [0.2, 0.25) is 0 Å². The van der Waals surface area contributed by atoms with Gasteiger partial charge in [-0.2, -0.15) is 0 Å². The number of unbranched alkanes of at least 4 members (excludes halogenated alkanes) is 14. The van der Waals surface area contributed by atoms with E-state index in [1.165, 1.54) is 89.9 Å². The molecule has 0 aromatic carbocycles. The number of alkyl halides is 1. The molecule has 0 heterocycles. The van der Waals surface area contributed by atoms with Gasteiger partial charge in [0.15, 0.2) is 0 Å². The van der Waals surface area contributed by atoms with Crippen molar-refractivity contribution < 1.29 is 0 Å². The molecule has 0 unspecified atom stereocenters. The van der Waals surface area contributed by atoms with Crippen LogP contribution in [0, 0.1) is 12.3 Å². The lowest BCUT2D eigenvalue weighted by Gasteiger charge is -2.02. The lowest BCUT2D eigenvalue weighted by atomic mass is 10.0. The maximum Gasteiger partial charge on any atom is 0.0223 e. The lowest BCUT2D eigenvalue weighted by Crippen LogP contribution is -1.83. The van der Waals surface area contributed by atoms with Gasteiger partial charge in [-0.05, 0) is 12.8 Å². The Morgan fingerprint density at radius 1 is 0.526 bits per heavy atom. The van der Waals surface area contributed by atoms with Gasteiger partial charge in [0.25, 0.3) is 0 Å². The molecule has 0 rings (SSSR count). The third kappa shape index (κ3) is 17.9. The molecule has 0 spiro atoms. The smallest absolute Gasteiger partial charge is 0.0223 e. The second-order valence-corrected chi connectivity index (χ2v) is 5.97. The average molecular weight is 285 g/mol. The highest BCUT2D eigenvalue weighted by atomic mass is 35.5. The Morgan fingerprint density at radius 3 is 1.16 bits per heavy atom. The third-order valence-corrected chi connectivity index (χ3v) is 3.97. The van der Waals surface area contributed by atoms with E-state index >= 15 is 0 Å². The van der Waals surface area contributed by atoms with Crippen LogP contribution in [0.3, 0.4) is 0 Å². The SMILES string of the molecule is C#CCCCCCCCCCCCCCCCCCl. The van der Waals surface area contributed by atoms with E-state index in [9.17, 15) is 0 Å². The van der Waals surface area contributed by atoms with Crippen LogP contribution in [0.15, 0.2) is 0 Å². The summed E-state index contributed by atoms with van der Waals surface area (Å²) in [7, 11) is 0. The molecule has 0 saturated carbocycles. The van der Waals surface area contributed by atoms with E-state index in [0.29, 0.717) is 0 Å². The first kappa shape index (κ1) is 18.9. The van der Waals surface area contributed by atoms with Crippen LogP contribution in [0.1, 0.15) is 96.3 Å². The molecule has 0 amide bonds. The van der Waals surface area contributed by atoms with Crippen molar-refractivity contribution in [1.82, 2.24) is 0 Å². The van der Waals surface area contributed by atoms with Crippen molar-refractivity contribution in [2.75, 3.05) is 5.88 Å². The van der Waals surface area contributed by atoms with E-state index in [1.54, 1.807) is 0 Å². The standard InChI is InChI=1S/C18H33Cl/c1-2-3-4-5-6-7-8-9-10-11-12-13-14-15-16-17-18-19/h1H,3-18H2. The van der Waals surface area contributed by atoms with Crippen LogP contribution in [-0.2, 0) is 0 Å². The highest BCUT2D eigenvalue weighted by molar-refractivity contribution is 6.17. The Morgan fingerprint density at radius 2 is 0.842 bits per heavy atom. The Labute approximate surface area is 126 Å². The van der Waals surface area contributed by atoms with Gasteiger partial charge in [-0.25, -0.2) is 0 Å². The third-order valence-electron chi connectivity index (χ3n) is 3.70. The molecule has 0 bridgehead atoms. The summed E-state index contributed by atoms with van der Waals surface area (Å²) in [6.07, 6.45) is 25.4.